The minimum Gasteiger partial charge on any atom is -0.272 e. The molecule has 2 atom stereocenters. The molecule has 5 heteroatoms. The summed E-state index contributed by atoms with van der Waals surface area (Å²) in [4.78, 5) is 12.4. The second-order valence-corrected chi connectivity index (χ2v) is 8.03. The number of H-pyrrole nitrogens is 1. The van der Waals surface area contributed by atoms with Gasteiger partial charge in [0.15, 0.2) is 0 Å². The second kappa shape index (κ2) is 5.55. The Morgan fingerprint density at radius 2 is 2.04 bits per heavy atom. The van der Waals surface area contributed by atoms with Crippen LogP contribution in [0, 0.1) is 16.7 Å². The molecular weight excluding hydrogens is 312 g/mol. The van der Waals surface area contributed by atoms with Crippen molar-refractivity contribution in [1.82, 2.24) is 15.6 Å². The van der Waals surface area contributed by atoms with Crippen LogP contribution in [0.1, 0.15) is 50.5 Å². The van der Waals surface area contributed by atoms with E-state index in [0.29, 0.717) is 11.6 Å². The van der Waals surface area contributed by atoms with Crippen LogP contribution < -0.4 is 5.43 Å². The lowest BCUT2D eigenvalue weighted by Gasteiger charge is -2.34. The lowest BCUT2D eigenvalue weighted by Crippen LogP contribution is -2.34. The van der Waals surface area contributed by atoms with Crippen LogP contribution >= 0.6 is 0 Å². The summed E-state index contributed by atoms with van der Waals surface area (Å²) in [6.07, 6.45) is 3.40. The zero-order valence-corrected chi connectivity index (χ0v) is 15.0. The highest BCUT2D eigenvalue weighted by molar-refractivity contribution is 5.97. The summed E-state index contributed by atoms with van der Waals surface area (Å²) in [5.74, 6) is 0.427. The van der Waals surface area contributed by atoms with Gasteiger partial charge in [-0.15, -0.1) is 0 Å². The van der Waals surface area contributed by atoms with E-state index in [1.807, 2.05) is 30.3 Å². The lowest BCUT2D eigenvalue weighted by atomic mass is 9.70. The van der Waals surface area contributed by atoms with Gasteiger partial charge in [0.2, 0.25) is 0 Å². The van der Waals surface area contributed by atoms with Crippen molar-refractivity contribution in [3.05, 3.63) is 42.1 Å². The molecule has 2 bridgehead atoms. The van der Waals surface area contributed by atoms with Gasteiger partial charge in [0.05, 0.1) is 5.69 Å². The number of carbonyl (C=O) groups is 1. The third kappa shape index (κ3) is 2.41. The largest absolute Gasteiger partial charge is 0.289 e. The summed E-state index contributed by atoms with van der Waals surface area (Å²) in [5.41, 5.74) is 6.37. The van der Waals surface area contributed by atoms with E-state index in [0.717, 1.165) is 29.8 Å². The number of benzene rings is 1. The summed E-state index contributed by atoms with van der Waals surface area (Å²) >= 11 is 0. The molecule has 0 saturated heterocycles. The van der Waals surface area contributed by atoms with Crippen molar-refractivity contribution in [2.75, 3.05) is 0 Å². The van der Waals surface area contributed by atoms with Crippen molar-refractivity contribution in [2.24, 2.45) is 21.8 Å². The number of nitrogens with one attached hydrogen (secondary N) is 2. The molecule has 2 aliphatic carbocycles. The van der Waals surface area contributed by atoms with E-state index in [1.54, 1.807) is 6.07 Å². The van der Waals surface area contributed by atoms with E-state index < -0.39 is 0 Å². The molecule has 1 aromatic heterocycles. The summed E-state index contributed by atoms with van der Waals surface area (Å²) in [6.45, 7) is 6.95. The number of rotatable bonds is 3. The predicted molar refractivity (Wildman–Crippen MR) is 98.2 cm³/mol. The minimum atomic E-state index is -0.244. The fraction of sp³-hybridized carbons (Fsp3) is 0.450. The Morgan fingerprint density at radius 3 is 2.68 bits per heavy atom. The van der Waals surface area contributed by atoms with Gasteiger partial charge in [-0.05, 0) is 36.7 Å². The molecule has 4 rings (SSSR count). The van der Waals surface area contributed by atoms with Crippen molar-refractivity contribution >= 4 is 11.6 Å². The van der Waals surface area contributed by atoms with Crippen LogP contribution in [0.15, 0.2) is 41.5 Å². The molecule has 1 heterocycles. The molecule has 2 aromatic rings. The number of hydrogen-bond donors (Lipinski definition) is 2. The zero-order chi connectivity index (χ0) is 17.7. The van der Waals surface area contributed by atoms with Crippen molar-refractivity contribution in [3.8, 4) is 11.3 Å². The maximum absolute atomic E-state index is 12.4. The number of carbonyl (C=O) groups excluding carboxylic acids is 1. The first-order valence-corrected chi connectivity index (χ1v) is 8.90. The number of aromatic nitrogens is 2. The van der Waals surface area contributed by atoms with Gasteiger partial charge < -0.3 is 0 Å². The van der Waals surface area contributed by atoms with Crippen molar-refractivity contribution in [3.63, 3.8) is 0 Å². The fourth-order valence-corrected chi connectivity index (χ4v) is 4.47. The van der Waals surface area contributed by atoms with Crippen LogP contribution in [0.3, 0.4) is 0 Å². The van der Waals surface area contributed by atoms with Gasteiger partial charge in [-0.3, -0.25) is 9.89 Å². The smallest absolute Gasteiger partial charge is 0.272 e. The Balaban J connectivity index is 1.50. The summed E-state index contributed by atoms with van der Waals surface area (Å²) in [5, 5.41) is 11.5. The molecular formula is C20H24N4O. The molecule has 1 aromatic carbocycles. The Kier molecular flexibility index (Phi) is 3.56. The number of hydrazone groups is 1. The topological polar surface area (TPSA) is 70.1 Å². The van der Waals surface area contributed by atoms with E-state index in [-0.39, 0.29) is 16.7 Å². The van der Waals surface area contributed by atoms with Gasteiger partial charge >= 0.3 is 0 Å². The first-order chi connectivity index (χ1) is 11.9. The predicted octanol–water partition coefficient (Wildman–Crippen LogP) is 4.01. The highest BCUT2D eigenvalue weighted by atomic mass is 16.2. The molecule has 0 unspecified atom stereocenters. The molecule has 2 aliphatic rings. The normalized spacial score (nSPS) is 28.4. The quantitative estimate of drug-likeness (QED) is 0.832. The third-order valence-corrected chi connectivity index (χ3v) is 6.70. The van der Waals surface area contributed by atoms with Crippen LogP contribution in [0.5, 0.6) is 0 Å². The second-order valence-electron chi connectivity index (χ2n) is 8.03. The Bertz CT molecular complexity index is 836. The van der Waals surface area contributed by atoms with Crippen molar-refractivity contribution in [2.45, 2.75) is 40.0 Å². The van der Waals surface area contributed by atoms with Gasteiger partial charge in [-0.2, -0.15) is 10.2 Å². The van der Waals surface area contributed by atoms with Gasteiger partial charge in [-0.1, -0.05) is 51.1 Å². The Morgan fingerprint density at radius 1 is 1.28 bits per heavy atom. The highest BCUT2D eigenvalue weighted by Gasteiger charge is 2.60. The number of hydrogen-bond acceptors (Lipinski definition) is 3. The molecule has 5 nitrogen and oxygen atoms in total. The van der Waals surface area contributed by atoms with Crippen LogP contribution in [-0.2, 0) is 0 Å². The third-order valence-electron chi connectivity index (χ3n) is 6.70. The standard InChI is InChI=1S/C20H24N4O/c1-19(2)14-9-10-20(19,3)17(11-14)23-24-18(25)16-12-15(21-22-16)13-7-5-4-6-8-13/h4-8,12,14H,9-11H2,1-3H3,(H,21,22)(H,24,25)/b23-17+/t14-,20-/m0/s1. The van der Waals surface area contributed by atoms with Gasteiger partial charge in [0, 0.05) is 16.7 Å². The molecule has 0 radical (unpaired) electrons. The maximum atomic E-state index is 12.4. The van der Waals surface area contributed by atoms with E-state index in [9.17, 15) is 4.79 Å². The molecule has 0 aliphatic heterocycles. The van der Waals surface area contributed by atoms with Crippen molar-refractivity contribution < 1.29 is 4.79 Å². The van der Waals surface area contributed by atoms with E-state index in [1.165, 1.54) is 6.42 Å². The first kappa shape index (κ1) is 16.1. The molecule has 25 heavy (non-hydrogen) atoms. The molecule has 1 amide bonds. The Labute approximate surface area is 147 Å². The minimum absolute atomic E-state index is 0.0914. The first-order valence-electron chi connectivity index (χ1n) is 8.90. The van der Waals surface area contributed by atoms with Gasteiger partial charge in [0.1, 0.15) is 5.69 Å². The van der Waals surface area contributed by atoms with Crippen LogP contribution in [-0.4, -0.2) is 21.8 Å². The lowest BCUT2D eigenvalue weighted by molar-refractivity contribution is 0.0949. The molecule has 2 saturated carbocycles. The van der Waals surface area contributed by atoms with Crippen LogP contribution in [0.2, 0.25) is 0 Å². The maximum Gasteiger partial charge on any atom is 0.289 e. The number of aromatic amines is 1. The number of amides is 1. The SMILES string of the molecule is CC1(C)[C@H]2CC[C@@]1(C)/C(=N/NC(=O)c1cc(-c3ccccc3)n[nH]1)C2. The summed E-state index contributed by atoms with van der Waals surface area (Å²) in [6, 6.07) is 11.6. The highest BCUT2D eigenvalue weighted by Crippen LogP contribution is 2.63. The Hall–Kier alpha value is -2.43. The average molecular weight is 336 g/mol. The number of fused-ring (bicyclic) bond motifs is 2. The molecule has 2 fully saturated rings. The van der Waals surface area contributed by atoms with E-state index in [2.05, 4.69) is 41.5 Å². The monoisotopic (exact) mass is 336 g/mol. The van der Waals surface area contributed by atoms with Gasteiger partial charge in [0.25, 0.3) is 5.91 Å². The van der Waals surface area contributed by atoms with Crippen molar-refractivity contribution in [1.29, 1.82) is 0 Å². The van der Waals surface area contributed by atoms with E-state index >= 15 is 0 Å². The molecule has 0 spiro atoms. The van der Waals surface area contributed by atoms with Crippen LogP contribution in [0.25, 0.3) is 11.3 Å². The van der Waals surface area contributed by atoms with Crippen LogP contribution in [0.4, 0.5) is 0 Å². The molecule has 130 valence electrons. The zero-order valence-electron chi connectivity index (χ0n) is 15.0. The average Bonchev–Trinajstić information content (AvgIpc) is 3.23. The van der Waals surface area contributed by atoms with Gasteiger partial charge in [-0.25, -0.2) is 5.43 Å². The van der Waals surface area contributed by atoms with E-state index in [4.69, 9.17) is 0 Å². The summed E-state index contributed by atoms with van der Waals surface area (Å²) in [7, 11) is 0. The number of nitrogens with zero attached hydrogens (tertiary/aromatic N) is 2. The molecule has 2 N–H and O–H groups in total. The fourth-order valence-electron chi connectivity index (χ4n) is 4.47. The summed E-state index contributed by atoms with van der Waals surface area (Å²) < 4.78 is 0.